The minimum absolute atomic E-state index is 0.220. The number of halogens is 2. The second-order valence-electron chi connectivity index (χ2n) is 6.24. The van der Waals surface area contributed by atoms with Gasteiger partial charge in [0.2, 0.25) is 11.9 Å². The van der Waals surface area contributed by atoms with Gasteiger partial charge in [0.25, 0.3) is 0 Å². The van der Waals surface area contributed by atoms with Crippen LogP contribution in [0.15, 0.2) is 36.4 Å². The molecule has 3 aromatic rings. The van der Waals surface area contributed by atoms with Crippen molar-refractivity contribution in [1.29, 1.82) is 0 Å². The highest BCUT2D eigenvalue weighted by Crippen LogP contribution is 2.38. The molecule has 2 aromatic carbocycles. The van der Waals surface area contributed by atoms with E-state index in [0.717, 1.165) is 36.4 Å². The van der Waals surface area contributed by atoms with E-state index in [1.54, 1.807) is 12.1 Å². The van der Waals surface area contributed by atoms with Gasteiger partial charge in [-0.2, -0.15) is 4.98 Å². The molecule has 27 heavy (non-hydrogen) atoms. The summed E-state index contributed by atoms with van der Waals surface area (Å²) in [6.07, 6.45) is 1.24. The summed E-state index contributed by atoms with van der Waals surface area (Å²) in [4.78, 5) is 3.99. The Morgan fingerprint density at radius 1 is 1.15 bits per heavy atom. The summed E-state index contributed by atoms with van der Waals surface area (Å²) < 4.78 is 5.95. The number of hydrogen-bond acceptors (Lipinski definition) is 6. The van der Waals surface area contributed by atoms with Crippen LogP contribution in [0.5, 0.6) is 5.75 Å². The van der Waals surface area contributed by atoms with E-state index in [9.17, 15) is 0 Å². The lowest BCUT2D eigenvalue weighted by molar-refractivity contribution is 0.223. The van der Waals surface area contributed by atoms with Gasteiger partial charge in [0, 0.05) is 17.8 Å². The van der Waals surface area contributed by atoms with Gasteiger partial charge in [-0.1, -0.05) is 35.3 Å². The van der Waals surface area contributed by atoms with Crippen LogP contribution in [0.3, 0.4) is 0 Å². The Morgan fingerprint density at radius 3 is 2.48 bits per heavy atom. The molecule has 2 heterocycles. The zero-order valence-corrected chi connectivity index (χ0v) is 15.8. The average molecular weight is 405 g/mol. The van der Waals surface area contributed by atoms with Gasteiger partial charge in [-0.25, -0.2) is 5.10 Å². The Balaban J connectivity index is 1.54. The van der Waals surface area contributed by atoms with E-state index >= 15 is 0 Å². The van der Waals surface area contributed by atoms with E-state index in [4.69, 9.17) is 33.7 Å². The number of nitrogens with one attached hydrogen (secondary N) is 3. The highest BCUT2D eigenvalue weighted by molar-refractivity contribution is 6.39. The molecule has 0 spiro atoms. The standard InChI is InChI=1S/C18H18Cl2N6O/c19-14-7-11(23-18-24-17(21)25-26-18)8-15(20)16(14)10-1-3-12(4-2-10)27-13-5-6-22-9-13/h1-4,7-8,13,22H,5-6,9H2,(H4,21,23,24,25,26). The smallest absolute Gasteiger partial charge is 0.248 e. The van der Waals surface area contributed by atoms with Crippen LogP contribution in [0.2, 0.25) is 10.0 Å². The van der Waals surface area contributed by atoms with Crippen LogP contribution in [0, 0.1) is 0 Å². The van der Waals surface area contributed by atoms with Gasteiger partial charge in [-0.15, -0.1) is 5.10 Å². The lowest BCUT2D eigenvalue weighted by atomic mass is 10.0. The van der Waals surface area contributed by atoms with Crippen molar-refractivity contribution in [2.45, 2.75) is 12.5 Å². The normalized spacial score (nSPS) is 16.4. The predicted molar refractivity (Wildman–Crippen MR) is 108 cm³/mol. The summed E-state index contributed by atoms with van der Waals surface area (Å²) in [7, 11) is 0. The summed E-state index contributed by atoms with van der Waals surface area (Å²) in [5, 5.41) is 13.8. The van der Waals surface area contributed by atoms with Crippen molar-refractivity contribution in [1.82, 2.24) is 20.5 Å². The van der Waals surface area contributed by atoms with E-state index in [1.807, 2.05) is 24.3 Å². The second kappa shape index (κ2) is 7.64. The number of ether oxygens (including phenoxy) is 1. The van der Waals surface area contributed by atoms with Crippen molar-refractivity contribution in [2.24, 2.45) is 0 Å². The van der Waals surface area contributed by atoms with Crippen molar-refractivity contribution >= 4 is 40.8 Å². The summed E-state index contributed by atoms with van der Waals surface area (Å²) in [6, 6.07) is 11.3. The first-order valence-electron chi connectivity index (χ1n) is 8.50. The molecular weight excluding hydrogens is 387 g/mol. The maximum Gasteiger partial charge on any atom is 0.248 e. The van der Waals surface area contributed by atoms with E-state index in [2.05, 4.69) is 25.8 Å². The van der Waals surface area contributed by atoms with Crippen molar-refractivity contribution in [3.05, 3.63) is 46.4 Å². The Bertz CT molecular complexity index is 914. The van der Waals surface area contributed by atoms with Crippen LogP contribution >= 0.6 is 23.2 Å². The third-order valence-electron chi connectivity index (χ3n) is 4.26. The summed E-state index contributed by atoms with van der Waals surface area (Å²) in [5.41, 5.74) is 7.86. The van der Waals surface area contributed by atoms with E-state index in [-0.39, 0.29) is 12.1 Å². The van der Waals surface area contributed by atoms with Crippen molar-refractivity contribution < 1.29 is 4.74 Å². The Morgan fingerprint density at radius 2 is 1.89 bits per heavy atom. The van der Waals surface area contributed by atoms with Crippen LogP contribution in [0.4, 0.5) is 17.6 Å². The quantitative estimate of drug-likeness (QED) is 0.515. The largest absolute Gasteiger partial charge is 0.489 e. The molecule has 7 nitrogen and oxygen atoms in total. The molecule has 0 bridgehead atoms. The van der Waals surface area contributed by atoms with Gasteiger partial charge in [-0.3, -0.25) is 0 Å². The molecule has 5 N–H and O–H groups in total. The lowest BCUT2D eigenvalue weighted by Crippen LogP contribution is -2.19. The van der Waals surface area contributed by atoms with Gasteiger partial charge in [-0.05, 0) is 42.8 Å². The number of H-pyrrole nitrogens is 1. The molecule has 140 valence electrons. The van der Waals surface area contributed by atoms with E-state index < -0.39 is 0 Å². The first kappa shape index (κ1) is 17.9. The first-order chi connectivity index (χ1) is 13.1. The van der Waals surface area contributed by atoms with Gasteiger partial charge in [0.15, 0.2) is 0 Å². The molecule has 1 atom stereocenters. The number of anilines is 3. The molecule has 4 rings (SSSR count). The number of aromatic nitrogens is 3. The monoisotopic (exact) mass is 404 g/mol. The molecule has 1 aliphatic heterocycles. The number of nitrogens with zero attached hydrogens (tertiary/aromatic N) is 2. The molecule has 9 heteroatoms. The van der Waals surface area contributed by atoms with Crippen LogP contribution in [0.25, 0.3) is 11.1 Å². The Kier molecular flexibility index (Phi) is 5.07. The Hall–Kier alpha value is -2.48. The second-order valence-corrected chi connectivity index (χ2v) is 7.06. The number of hydrogen-bond donors (Lipinski definition) is 4. The topological polar surface area (TPSA) is 101 Å². The zero-order chi connectivity index (χ0) is 18.8. The molecule has 1 unspecified atom stereocenters. The maximum absolute atomic E-state index is 6.48. The maximum atomic E-state index is 6.48. The molecule has 0 amide bonds. The van der Waals surface area contributed by atoms with Gasteiger partial charge < -0.3 is 21.1 Å². The fraction of sp³-hybridized carbons (Fsp3) is 0.222. The highest BCUT2D eigenvalue weighted by Gasteiger charge is 2.16. The molecule has 0 radical (unpaired) electrons. The fourth-order valence-corrected chi connectivity index (χ4v) is 3.71. The van der Waals surface area contributed by atoms with Crippen LogP contribution < -0.4 is 21.1 Å². The van der Waals surface area contributed by atoms with E-state index in [1.165, 1.54) is 0 Å². The van der Waals surface area contributed by atoms with Gasteiger partial charge >= 0.3 is 0 Å². The first-order valence-corrected chi connectivity index (χ1v) is 9.26. The molecule has 0 saturated carbocycles. The minimum atomic E-state index is 0.220. The average Bonchev–Trinajstić information content (AvgIpc) is 3.28. The number of nitrogens with two attached hydrogens (primary N) is 1. The van der Waals surface area contributed by atoms with Crippen LogP contribution in [-0.4, -0.2) is 34.4 Å². The third kappa shape index (κ3) is 4.10. The van der Waals surface area contributed by atoms with Gasteiger partial charge in [0.05, 0.1) is 10.0 Å². The van der Waals surface area contributed by atoms with Crippen LogP contribution in [-0.2, 0) is 0 Å². The third-order valence-corrected chi connectivity index (χ3v) is 4.86. The van der Waals surface area contributed by atoms with E-state index in [0.29, 0.717) is 21.7 Å². The molecule has 1 aliphatic rings. The lowest BCUT2D eigenvalue weighted by Gasteiger charge is -2.14. The summed E-state index contributed by atoms with van der Waals surface area (Å²) in [6.45, 7) is 1.87. The highest BCUT2D eigenvalue weighted by atomic mass is 35.5. The van der Waals surface area contributed by atoms with Crippen LogP contribution in [0.1, 0.15) is 6.42 Å². The Labute approximate surface area is 166 Å². The minimum Gasteiger partial charge on any atom is -0.489 e. The van der Waals surface area contributed by atoms with Gasteiger partial charge in [0.1, 0.15) is 11.9 Å². The summed E-state index contributed by atoms with van der Waals surface area (Å²) in [5.74, 6) is 1.40. The number of aromatic amines is 1. The molecule has 0 aliphatic carbocycles. The predicted octanol–water partition coefficient (Wildman–Crippen LogP) is 3.85. The van der Waals surface area contributed by atoms with Crippen molar-refractivity contribution in [2.75, 3.05) is 24.1 Å². The molecule has 1 fully saturated rings. The molecular formula is C18H18Cl2N6O. The SMILES string of the molecule is Nc1nc(Nc2cc(Cl)c(-c3ccc(OC4CCNC4)cc3)c(Cl)c2)n[nH]1. The number of rotatable bonds is 5. The molecule has 1 aromatic heterocycles. The van der Waals surface area contributed by atoms with Crippen molar-refractivity contribution in [3.63, 3.8) is 0 Å². The number of benzene rings is 2. The number of nitrogen functional groups attached to an aromatic ring is 1. The summed E-state index contributed by atoms with van der Waals surface area (Å²) >= 11 is 13.0. The van der Waals surface area contributed by atoms with Crippen molar-refractivity contribution in [3.8, 4) is 16.9 Å². The fourth-order valence-electron chi connectivity index (χ4n) is 3.00. The molecule has 1 saturated heterocycles. The zero-order valence-electron chi connectivity index (χ0n) is 14.3.